The predicted octanol–water partition coefficient (Wildman–Crippen LogP) is 21.2. The largest absolute Gasteiger partial charge is 0.472 e. The highest BCUT2D eigenvalue weighted by atomic mass is 31.2. The van der Waals surface area contributed by atoms with Crippen molar-refractivity contribution in [3.05, 3.63) is 85.1 Å². The Labute approximate surface area is 490 Å². The normalized spacial score (nSPS) is 14.3. The summed E-state index contributed by atoms with van der Waals surface area (Å²) in [6, 6.07) is -0.874. The van der Waals surface area contributed by atoms with Gasteiger partial charge in [0.05, 0.1) is 39.9 Å². The van der Waals surface area contributed by atoms with Gasteiger partial charge in [0.1, 0.15) is 13.2 Å². The van der Waals surface area contributed by atoms with Crippen molar-refractivity contribution in [1.29, 1.82) is 0 Å². The zero-order valence-electron chi connectivity index (χ0n) is 52.6. The molecule has 8 nitrogen and oxygen atoms in total. The molecule has 0 bridgehead atoms. The first-order chi connectivity index (χ1) is 38.5. The first-order valence-electron chi connectivity index (χ1n) is 33.5. The molecule has 0 saturated heterocycles. The number of amides is 1. The van der Waals surface area contributed by atoms with E-state index in [1.54, 1.807) is 6.08 Å². The molecule has 460 valence electrons. The number of likely N-dealkylation sites (N-methyl/N-ethyl adjacent to an activating group) is 1. The van der Waals surface area contributed by atoms with Crippen LogP contribution in [0.5, 0.6) is 0 Å². The zero-order valence-corrected chi connectivity index (χ0v) is 53.5. The monoisotopic (exact) mass is 1130 g/mol. The Hall–Kier alpha value is -2.32. The van der Waals surface area contributed by atoms with Gasteiger partial charge in [0.25, 0.3) is 0 Å². The van der Waals surface area contributed by atoms with E-state index in [2.05, 4.69) is 92.1 Å². The number of unbranched alkanes of at least 4 members (excludes halogenated alkanes) is 36. The molecule has 79 heavy (non-hydrogen) atoms. The molecule has 0 rings (SSSR count). The third-order valence-electron chi connectivity index (χ3n) is 14.8. The number of carbonyl (C=O) groups excluding carboxylic acids is 1. The van der Waals surface area contributed by atoms with Crippen LogP contribution in [-0.4, -0.2) is 73.4 Å². The highest BCUT2D eigenvalue weighted by Crippen LogP contribution is 2.43. The van der Waals surface area contributed by atoms with Crippen LogP contribution in [0.25, 0.3) is 0 Å². The first-order valence-corrected chi connectivity index (χ1v) is 35.0. The van der Waals surface area contributed by atoms with E-state index in [1.807, 2.05) is 27.2 Å². The number of nitrogens with zero attached hydrogens (tertiary/aromatic N) is 1. The van der Waals surface area contributed by atoms with E-state index in [4.69, 9.17) is 9.05 Å². The van der Waals surface area contributed by atoms with Crippen molar-refractivity contribution < 1.29 is 32.9 Å². The van der Waals surface area contributed by atoms with Crippen LogP contribution in [0.15, 0.2) is 85.1 Å². The number of allylic oxidation sites excluding steroid dienone is 13. The average Bonchev–Trinajstić information content (AvgIpc) is 3.42. The Morgan fingerprint density at radius 3 is 1.16 bits per heavy atom. The summed E-state index contributed by atoms with van der Waals surface area (Å²) in [4.78, 5) is 23.4. The Morgan fingerprint density at radius 1 is 0.443 bits per heavy atom. The van der Waals surface area contributed by atoms with Gasteiger partial charge in [0.2, 0.25) is 5.91 Å². The van der Waals surface area contributed by atoms with Crippen LogP contribution in [0.3, 0.4) is 0 Å². The van der Waals surface area contributed by atoms with Crippen molar-refractivity contribution in [2.75, 3.05) is 40.9 Å². The molecule has 0 aromatic rings. The lowest BCUT2D eigenvalue weighted by Gasteiger charge is -2.25. The number of rotatable bonds is 61. The van der Waals surface area contributed by atoms with E-state index in [1.165, 1.54) is 212 Å². The summed E-state index contributed by atoms with van der Waals surface area (Å²) in [7, 11) is 1.55. The number of hydrogen-bond donors (Lipinski definition) is 3. The van der Waals surface area contributed by atoms with Gasteiger partial charge in [-0.15, -0.1) is 0 Å². The number of phosphoric ester groups is 1. The molecule has 3 N–H and O–H groups in total. The number of nitrogens with one attached hydrogen (secondary N) is 1. The van der Waals surface area contributed by atoms with Gasteiger partial charge in [-0.3, -0.25) is 13.8 Å². The third kappa shape index (κ3) is 63.1. The van der Waals surface area contributed by atoms with Gasteiger partial charge in [-0.1, -0.05) is 298 Å². The second-order valence-corrected chi connectivity index (χ2v) is 25.3. The van der Waals surface area contributed by atoms with Crippen molar-refractivity contribution in [3.63, 3.8) is 0 Å². The van der Waals surface area contributed by atoms with Gasteiger partial charge in [-0.25, -0.2) is 4.57 Å². The highest BCUT2D eigenvalue weighted by molar-refractivity contribution is 7.47. The first kappa shape index (κ1) is 76.7. The number of phosphoric acid groups is 1. The summed E-state index contributed by atoms with van der Waals surface area (Å²) < 4.78 is 23.8. The smallest absolute Gasteiger partial charge is 0.387 e. The van der Waals surface area contributed by atoms with Crippen LogP contribution in [-0.2, 0) is 18.4 Å². The molecule has 3 unspecified atom stereocenters. The van der Waals surface area contributed by atoms with Crippen LogP contribution in [0.2, 0.25) is 0 Å². The fourth-order valence-electron chi connectivity index (χ4n) is 9.66. The van der Waals surface area contributed by atoms with E-state index in [0.717, 1.165) is 70.6 Å². The second kappa shape index (κ2) is 60.3. The molecule has 0 aliphatic heterocycles. The minimum Gasteiger partial charge on any atom is -0.387 e. The summed E-state index contributed by atoms with van der Waals surface area (Å²) >= 11 is 0. The van der Waals surface area contributed by atoms with E-state index in [0.29, 0.717) is 17.4 Å². The maximum absolute atomic E-state index is 13.0. The van der Waals surface area contributed by atoms with E-state index in [-0.39, 0.29) is 19.1 Å². The molecule has 0 aromatic heterocycles. The second-order valence-electron chi connectivity index (χ2n) is 23.8. The van der Waals surface area contributed by atoms with Crippen LogP contribution >= 0.6 is 7.82 Å². The molecular formula is C70H130N2O6P+. The lowest BCUT2D eigenvalue weighted by molar-refractivity contribution is -0.870. The van der Waals surface area contributed by atoms with Crippen LogP contribution < -0.4 is 5.32 Å². The standard InChI is InChI=1S/C70H129N2O6P/c1-6-8-10-12-14-16-18-20-22-24-26-28-30-32-34-35-36-37-38-40-42-44-46-48-50-52-54-56-58-60-62-64-70(74)71-68(67-78-79(75,76)77-66-65-72(3,4)5)69(73)63-61-59-57-55-53-51-49-47-45-43-41-39-33-31-29-27-25-23-21-19-17-15-13-11-9-7-2/h8,10,14,16,20,22,26,28,45,47,53,55,61,63,68-69,73H,6-7,9,11-13,15,17-19,21,23-25,27,29-44,46,48-52,54,56-60,62,64-67H2,1-5H3,(H-,71,74,75,76)/p+1/b10-8-,16-14-,22-20-,28-26-,47-45+,55-53+,63-61+. The van der Waals surface area contributed by atoms with Crippen LogP contribution in [0.1, 0.15) is 303 Å². The number of carbonyl (C=O) groups is 1. The maximum atomic E-state index is 13.0. The fourth-order valence-corrected chi connectivity index (χ4v) is 10.4. The summed E-state index contributed by atoms with van der Waals surface area (Å²) in [5, 5.41) is 14.0. The molecule has 0 radical (unpaired) electrons. The Balaban J connectivity index is 4.15. The maximum Gasteiger partial charge on any atom is 0.472 e. The molecule has 0 saturated carbocycles. The number of quaternary nitrogens is 1. The van der Waals surface area contributed by atoms with Gasteiger partial charge >= 0.3 is 7.82 Å². The lowest BCUT2D eigenvalue weighted by atomic mass is 10.0. The Bertz CT molecular complexity index is 1560. The molecule has 0 aliphatic carbocycles. The summed E-state index contributed by atoms with van der Waals surface area (Å²) in [6.45, 7) is 4.71. The predicted molar refractivity (Wildman–Crippen MR) is 346 cm³/mol. The summed E-state index contributed by atoms with van der Waals surface area (Å²) in [6.07, 6.45) is 85.8. The quantitative estimate of drug-likeness (QED) is 0.0243. The van der Waals surface area contributed by atoms with Crippen molar-refractivity contribution in [3.8, 4) is 0 Å². The fraction of sp³-hybridized carbons (Fsp3) is 0.786. The van der Waals surface area contributed by atoms with Gasteiger partial charge in [-0.2, -0.15) is 0 Å². The van der Waals surface area contributed by atoms with Crippen LogP contribution in [0, 0.1) is 0 Å². The van der Waals surface area contributed by atoms with Gasteiger partial charge in [0.15, 0.2) is 0 Å². The molecule has 1 amide bonds. The molecule has 0 spiro atoms. The number of hydrogen-bond acceptors (Lipinski definition) is 5. The summed E-state index contributed by atoms with van der Waals surface area (Å²) in [5.41, 5.74) is 0. The SMILES string of the molecule is CC/C=C\C/C=C\C/C=C\C/C=C\CCCCCCCCCCCCCCCCCCCCC(=O)NC(COP(=O)(O)OCC[N+](C)(C)C)C(O)/C=C/CC/C=C/CC/C=C/CCCCCCCCCCCCCCCCCC. The van der Waals surface area contributed by atoms with E-state index >= 15 is 0 Å². The molecule has 3 atom stereocenters. The Morgan fingerprint density at radius 2 is 0.772 bits per heavy atom. The summed E-state index contributed by atoms with van der Waals surface area (Å²) in [5.74, 6) is -0.189. The van der Waals surface area contributed by atoms with Gasteiger partial charge < -0.3 is 19.8 Å². The van der Waals surface area contributed by atoms with Gasteiger partial charge in [-0.05, 0) is 83.5 Å². The third-order valence-corrected chi connectivity index (χ3v) is 15.8. The topological polar surface area (TPSA) is 105 Å². The minimum atomic E-state index is -4.37. The van der Waals surface area contributed by atoms with Crippen molar-refractivity contribution >= 4 is 13.7 Å². The minimum absolute atomic E-state index is 0.0518. The van der Waals surface area contributed by atoms with E-state index < -0.39 is 20.0 Å². The van der Waals surface area contributed by atoms with Gasteiger partial charge in [0, 0.05) is 6.42 Å². The number of aliphatic hydroxyl groups is 1. The molecule has 0 aromatic carbocycles. The van der Waals surface area contributed by atoms with Crippen molar-refractivity contribution in [2.24, 2.45) is 0 Å². The van der Waals surface area contributed by atoms with Crippen molar-refractivity contribution in [1.82, 2.24) is 5.32 Å². The van der Waals surface area contributed by atoms with E-state index in [9.17, 15) is 19.4 Å². The average molecular weight is 1130 g/mol. The molecule has 9 heteroatoms. The zero-order chi connectivity index (χ0) is 57.7. The lowest BCUT2D eigenvalue weighted by Crippen LogP contribution is -2.45. The molecule has 0 fully saturated rings. The highest BCUT2D eigenvalue weighted by Gasteiger charge is 2.28. The molecular weight excluding hydrogens is 996 g/mol. The number of aliphatic hydroxyl groups excluding tert-OH is 1. The van der Waals surface area contributed by atoms with Crippen LogP contribution in [0.4, 0.5) is 0 Å². The Kier molecular flexibility index (Phi) is 58.5. The molecule has 0 heterocycles. The molecule has 0 aliphatic rings. The van der Waals surface area contributed by atoms with Crippen molar-refractivity contribution in [2.45, 2.75) is 315 Å².